The van der Waals surface area contributed by atoms with Gasteiger partial charge in [-0.25, -0.2) is 14.5 Å². The molecule has 0 bridgehead atoms. The summed E-state index contributed by atoms with van der Waals surface area (Å²) in [6.07, 6.45) is 3.63. The van der Waals surface area contributed by atoms with Crippen LogP contribution in [0.15, 0.2) is 46.2 Å². The van der Waals surface area contributed by atoms with Crippen LogP contribution in [0.25, 0.3) is 16.0 Å². The number of nitrogens with zero attached hydrogens (tertiary/aromatic N) is 6. The van der Waals surface area contributed by atoms with Gasteiger partial charge < -0.3 is 9.88 Å². The zero-order valence-electron chi connectivity index (χ0n) is 17.4. The Balaban J connectivity index is 1.27. The number of thiophene rings is 1. The lowest BCUT2D eigenvalue weighted by Gasteiger charge is -2.36. The van der Waals surface area contributed by atoms with Crippen LogP contribution < -0.4 is 16.1 Å². The molecule has 1 saturated heterocycles. The van der Waals surface area contributed by atoms with E-state index < -0.39 is 0 Å². The van der Waals surface area contributed by atoms with Crippen molar-refractivity contribution < 1.29 is 0 Å². The molecule has 0 saturated carbocycles. The van der Waals surface area contributed by atoms with E-state index in [1.54, 1.807) is 10.9 Å². The number of aromatic nitrogens is 5. The van der Waals surface area contributed by atoms with Gasteiger partial charge in [0.1, 0.15) is 4.70 Å². The molecular formula is C21H23N7O2S. The molecule has 4 aromatic rings. The highest BCUT2D eigenvalue weighted by atomic mass is 32.1. The Morgan fingerprint density at radius 3 is 2.68 bits per heavy atom. The number of fused-ring (bicyclic) bond motifs is 1. The molecule has 0 atom stereocenters. The lowest BCUT2D eigenvalue weighted by molar-refractivity contribution is 0.252. The van der Waals surface area contributed by atoms with Crippen molar-refractivity contribution in [3.05, 3.63) is 68.1 Å². The second-order valence-electron chi connectivity index (χ2n) is 7.74. The summed E-state index contributed by atoms with van der Waals surface area (Å²) >= 11 is 1.46. The number of hydrogen-bond donors (Lipinski definition) is 1. The summed E-state index contributed by atoms with van der Waals surface area (Å²) in [5.74, 6) is 0.818. The van der Waals surface area contributed by atoms with Gasteiger partial charge in [-0.05, 0) is 31.2 Å². The molecule has 0 unspecified atom stereocenters. The molecule has 0 aromatic carbocycles. The Labute approximate surface area is 182 Å². The largest absolute Gasteiger partial charge is 0.368 e. The first-order valence-corrected chi connectivity index (χ1v) is 11.0. The van der Waals surface area contributed by atoms with E-state index >= 15 is 0 Å². The number of rotatable bonds is 4. The van der Waals surface area contributed by atoms with Crippen LogP contribution in [0.2, 0.25) is 0 Å². The topological polar surface area (TPSA) is 92.1 Å². The number of piperazine rings is 1. The first-order valence-electron chi connectivity index (χ1n) is 10.2. The lowest BCUT2D eigenvalue weighted by Crippen LogP contribution is -2.46. The first-order chi connectivity index (χ1) is 15.0. The third kappa shape index (κ3) is 3.68. The summed E-state index contributed by atoms with van der Waals surface area (Å²) in [5, 5.41) is 4.24. The Morgan fingerprint density at radius 2 is 1.97 bits per heavy atom. The second-order valence-corrected chi connectivity index (χ2v) is 8.87. The fourth-order valence-corrected chi connectivity index (χ4v) is 5.12. The molecule has 5 heterocycles. The molecule has 1 aliphatic rings. The molecule has 0 aliphatic carbocycles. The predicted molar refractivity (Wildman–Crippen MR) is 121 cm³/mol. The van der Waals surface area contributed by atoms with Gasteiger partial charge in [0.2, 0.25) is 0 Å². The molecule has 1 aliphatic heterocycles. The molecule has 1 fully saturated rings. The summed E-state index contributed by atoms with van der Waals surface area (Å²) in [5.41, 5.74) is 2.16. The van der Waals surface area contributed by atoms with Gasteiger partial charge in [0.15, 0.2) is 5.82 Å². The Hall–Kier alpha value is -3.24. The summed E-state index contributed by atoms with van der Waals surface area (Å²) in [7, 11) is 1.50. The van der Waals surface area contributed by atoms with E-state index in [4.69, 9.17) is 4.98 Å². The van der Waals surface area contributed by atoms with Crippen molar-refractivity contribution in [2.75, 3.05) is 31.1 Å². The zero-order chi connectivity index (χ0) is 21.5. The first kappa shape index (κ1) is 19.7. The minimum atomic E-state index is -0.377. The molecule has 0 radical (unpaired) electrons. The lowest BCUT2D eigenvalue weighted by atomic mass is 10.2. The Morgan fingerprint density at radius 1 is 1.16 bits per heavy atom. The molecule has 4 aromatic heterocycles. The normalized spacial score (nSPS) is 15.1. The van der Waals surface area contributed by atoms with Crippen molar-refractivity contribution >= 4 is 27.2 Å². The summed E-state index contributed by atoms with van der Waals surface area (Å²) in [6.45, 7) is 6.47. The van der Waals surface area contributed by atoms with Crippen LogP contribution in [0, 0.1) is 6.92 Å². The minimum Gasteiger partial charge on any atom is -0.368 e. The van der Waals surface area contributed by atoms with Crippen LogP contribution >= 0.6 is 11.3 Å². The molecule has 5 rings (SSSR count). The van der Waals surface area contributed by atoms with Crippen molar-refractivity contribution in [1.82, 2.24) is 29.2 Å². The number of hydrogen-bond acceptors (Lipinski definition) is 7. The molecule has 160 valence electrons. The van der Waals surface area contributed by atoms with E-state index in [1.165, 1.54) is 18.4 Å². The monoisotopic (exact) mass is 437 g/mol. The van der Waals surface area contributed by atoms with E-state index in [-0.39, 0.29) is 11.2 Å². The van der Waals surface area contributed by atoms with Gasteiger partial charge in [0.25, 0.3) is 5.56 Å². The number of nitrogens with one attached hydrogen (secondary N) is 1. The third-order valence-corrected chi connectivity index (χ3v) is 6.81. The average Bonchev–Trinajstić information content (AvgIpc) is 3.43. The molecule has 0 spiro atoms. The highest BCUT2D eigenvalue weighted by molar-refractivity contribution is 7.18. The van der Waals surface area contributed by atoms with Crippen molar-refractivity contribution in [3.63, 3.8) is 0 Å². The van der Waals surface area contributed by atoms with Crippen molar-refractivity contribution in [2.45, 2.75) is 13.5 Å². The molecule has 1 N–H and O–H groups in total. The van der Waals surface area contributed by atoms with Crippen LogP contribution in [0.3, 0.4) is 0 Å². The number of aromatic amines is 1. The summed E-state index contributed by atoms with van der Waals surface area (Å²) < 4.78 is 3.49. The van der Waals surface area contributed by atoms with E-state index in [1.807, 2.05) is 31.3 Å². The predicted octanol–water partition coefficient (Wildman–Crippen LogP) is 1.50. The fraction of sp³-hybridized carbons (Fsp3) is 0.333. The number of H-pyrrole nitrogens is 1. The van der Waals surface area contributed by atoms with Crippen LogP contribution in [0.4, 0.5) is 5.69 Å². The van der Waals surface area contributed by atoms with Crippen molar-refractivity contribution in [3.8, 4) is 5.82 Å². The molecular weight excluding hydrogens is 414 g/mol. The smallest absolute Gasteiger partial charge is 0.328 e. The van der Waals surface area contributed by atoms with Gasteiger partial charge in [0.05, 0.1) is 16.9 Å². The van der Waals surface area contributed by atoms with Crippen LogP contribution in [0.1, 0.15) is 10.6 Å². The zero-order valence-corrected chi connectivity index (χ0v) is 18.2. The van der Waals surface area contributed by atoms with Gasteiger partial charge in [-0.3, -0.25) is 14.3 Å². The highest BCUT2D eigenvalue weighted by Crippen LogP contribution is 2.24. The van der Waals surface area contributed by atoms with Gasteiger partial charge in [-0.1, -0.05) is 0 Å². The van der Waals surface area contributed by atoms with Crippen molar-refractivity contribution in [1.29, 1.82) is 0 Å². The van der Waals surface area contributed by atoms with Gasteiger partial charge in [-0.2, -0.15) is 5.10 Å². The molecule has 31 heavy (non-hydrogen) atoms. The standard InChI is InChI=1S/C21H23N7O2S/c1-14-17(4-5-18(23-14)28-7-3-6-22-28)27-10-8-26(9-11-27)13-15-12-16-19(31-15)20(29)25(2)21(30)24-16/h3-7,12H,8-11,13H2,1-2H3,(H,24,30). The maximum absolute atomic E-state index is 12.3. The maximum Gasteiger partial charge on any atom is 0.328 e. The Kier molecular flexibility index (Phi) is 4.95. The van der Waals surface area contributed by atoms with Gasteiger partial charge in [-0.15, -0.1) is 11.3 Å². The highest BCUT2D eigenvalue weighted by Gasteiger charge is 2.20. The van der Waals surface area contributed by atoms with Crippen LogP contribution in [-0.2, 0) is 13.6 Å². The van der Waals surface area contributed by atoms with E-state index in [0.717, 1.165) is 59.4 Å². The SMILES string of the molecule is Cc1nc(-n2cccn2)ccc1N1CCN(Cc2cc3[nH]c(=O)n(C)c(=O)c3s2)CC1. The quantitative estimate of drug-likeness (QED) is 0.520. The van der Waals surface area contributed by atoms with E-state index in [9.17, 15) is 9.59 Å². The number of aryl methyl sites for hydroxylation is 1. The van der Waals surface area contributed by atoms with Gasteiger partial charge in [0, 0.05) is 57.0 Å². The fourth-order valence-electron chi connectivity index (χ4n) is 3.99. The van der Waals surface area contributed by atoms with E-state index in [0.29, 0.717) is 10.2 Å². The van der Waals surface area contributed by atoms with Crippen molar-refractivity contribution in [2.24, 2.45) is 7.05 Å². The average molecular weight is 438 g/mol. The minimum absolute atomic E-state index is 0.235. The summed E-state index contributed by atoms with van der Waals surface area (Å²) in [4.78, 5) is 37.5. The van der Waals surface area contributed by atoms with Crippen LogP contribution in [-0.4, -0.2) is 55.4 Å². The second kappa shape index (κ2) is 7.78. The Bertz CT molecular complexity index is 1340. The van der Waals surface area contributed by atoms with Gasteiger partial charge >= 0.3 is 5.69 Å². The number of anilines is 1. The molecule has 9 nitrogen and oxygen atoms in total. The molecule has 0 amide bonds. The maximum atomic E-state index is 12.3. The third-order valence-electron chi connectivity index (χ3n) is 5.70. The molecule has 10 heteroatoms. The summed E-state index contributed by atoms with van der Waals surface area (Å²) in [6, 6.07) is 7.93. The number of pyridine rings is 1. The van der Waals surface area contributed by atoms with E-state index in [2.05, 4.69) is 25.9 Å². The van der Waals surface area contributed by atoms with Crippen LogP contribution in [0.5, 0.6) is 0 Å².